The van der Waals surface area contributed by atoms with Crippen LogP contribution in [0.2, 0.25) is 0 Å². The molecule has 4 N–H and O–H groups in total. The Kier molecular flexibility index (Phi) is 4.23. The second-order valence-electron chi connectivity index (χ2n) is 5.59. The molecule has 1 aromatic rings. The first-order chi connectivity index (χ1) is 9.41. The van der Waals surface area contributed by atoms with E-state index in [-0.39, 0.29) is 11.9 Å². The number of aliphatic hydroxyl groups is 1. The molecule has 0 saturated carbocycles. The molecule has 0 bridgehead atoms. The molecule has 1 aliphatic rings. The van der Waals surface area contributed by atoms with Gasteiger partial charge in [-0.2, -0.15) is 5.10 Å². The Hall–Kier alpha value is -1.69. The van der Waals surface area contributed by atoms with Crippen LogP contribution in [0.15, 0.2) is 0 Å². The summed E-state index contributed by atoms with van der Waals surface area (Å²) in [4.78, 5) is 2.12. The van der Waals surface area contributed by atoms with Gasteiger partial charge < -0.3 is 15.7 Å². The molecule has 1 fully saturated rings. The van der Waals surface area contributed by atoms with Crippen LogP contribution in [-0.2, 0) is 0 Å². The third-order valence-electron chi connectivity index (χ3n) is 4.23. The molecule has 0 amide bonds. The Balaban J connectivity index is 2.26. The molecular formula is C14H23N5O. The molecule has 6 heteroatoms. The number of anilines is 1. The van der Waals surface area contributed by atoms with E-state index >= 15 is 0 Å². The first-order valence-corrected chi connectivity index (χ1v) is 7.03. The number of aliphatic hydroxyl groups excluding tert-OH is 1. The zero-order valence-corrected chi connectivity index (χ0v) is 12.3. The average Bonchev–Trinajstić information content (AvgIpc) is 2.41. The summed E-state index contributed by atoms with van der Waals surface area (Å²) < 4.78 is 0. The average molecular weight is 277 g/mol. The van der Waals surface area contributed by atoms with Crippen molar-refractivity contribution in [2.45, 2.75) is 39.7 Å². The molecule has 1 unspecified atom stereocenters. The Bertz CT molecular complexity index is 507. The third-order valence-corrected chi connectivity index (χ3v) is 4.23. The number of hydrogen-bond acceptors (Lipinski definition) is 5. The Morgan fingerprint density at radius 3 is 2.45 bits per heavy atom. The summed E-state index contributed by atoms with van der Waals surface area (Å²) in [5.74, 6) is 1.07. The van der Waals surface area contributed by atoms with Gasteiger partial charge in [0.1, 0.15) is 5.84 Å². The minimum atomic E-state index is -0.268. The lowest BCUT2D eigenvalue weighted by Gasteiger charge is -2.34. The van der Waals surface area contributed by atoms with Crippen molar-refractivity contribution in [3.8, 4) is 0 Å². The molecule has 1 aromatic heterocycles. The number of aryl methyl sites for hydroxylation is 1. The number of amidine groups is 1. The molecule has 1 saturated heterocycles. The molecule has 0 aliphatic carbocycles. The van der Waals surface area contributed by atoms with Crippen molar-refractivity contribution in [2.24, 2.45) is 11.7 Å². The second-order valence-corrected chi connectivity index (χ2v) is 5.59. The molecule has 2 heterocycles. The summed E-state index contributed by atoms with van der Waals surface area (Å²) in [5, 5.41) is 25.8. The third kappa shape index (κ3) is 2.75. The standard InChI is InChI=1S/C14H23N5O/c1-8-9(2)17-18-14(12(8)13(15)16)19-6-4-11(5-7-19)10(3)20/h10-11,20H,4-7H2,1-3H3,(H3,15,16). The van der Waals surface area contributed by atoms with Crippen LogP contribution in [0, 0.1) is 25.2 Å². The summed E-state index contributed by atoms with van der Waals surface area (Å²) in [7, 11) is 0. The summed E-state index contributed by atoms with van der Waals surface area (Å²) in [5.41, 5.74) is 8.12. The number of aromatic nitrogens is 2. The van der Waals surface area contributed by atoms with E-state index in [1.165, 1.54) is 0 Å². The Morgan fingerprint density at radius 2 is 1.95 bits per heavy atom. The fourth-order valence-corrected chi connectivity index (χ4v) is 2.73. The number of rotatable bonds is 3. The van der Waals surface area contributed by atoms with Gasteiger partial charge in [-0.15, -0.1) is 5.10 Å². The molecule has 0 spiro atoms. The van der Waals surface area contributed by atoms with Gasteiger partial charge in [-0.25, -0.2) is 0 Å². The van der Waals surface area contributed by atoms with Gasteiger partial charge in [0.25, 0.3) is 0 Å². The number of piperidine rings is 1. The molecule has 1 aliphatic heterocycles. The normalized spacial score (nSPS) is 18.1. The summed E-state index contributed by atoms with van der Waals surface area (Å²) in [6, 6.07) is 0. The van der Waals surface area contributed by atoms with Crippen LogP contribution < -0.4 is 10.6 Å². The van der Waals surface area contributed by atoms with Gasteiger partial charge in [-0.3, -0.25) is 5.41 Å². The van der Waals surface area contributed by atoms with Gasteiger partial charge in [0.05, 0.1) is 17.4 Å². The van der Waals surface area contributed by atoms with E-state index in [0.29, 0.717) is 17.3 Å². The summed E-state index contributed by atoms with van der Waals surface area (Å²) >= 11 is 0. The Labute approximate surface area is 119 Å². The molecule has 20 heavy (non-hydrogen) atoms. The van der Waals surface area contributed by atoms with E-state index < -0.39 is 0 Å². The fourth-order valence-electron chi connectivity index (χ4n) is 2.73. The maximum atomic E-state index is 9.66. The van der Waals surface area contributed by atoms with Crippen LogP contribution in [-0.4, -0.2) is 40.3 Å². The van der Waals surface area contributed by atoms with Crippen molar-refractivity contribution in [1.82, 2.24) is 10.2 Å². The maximum Gasteiger partial charge on any atom is 0.162 e. The van der Waals surface area contributed by atoms with Crippen LogP contribution in [0.3, 0.4) is 0 Å². The highest BCUT2D eigenvalue weighted by molar-refractivity contribution is 6.01. The molecular weight excluding hydrogens is 254 g/mol. The monoisotopic (exact) mass is 277 g/mol. The molecule has 0 aromatic carbocycles. The lowest BCUT2D eigenvalue weighted by atomic mass is 9.92. The van der Waals surface area contributed by atoms with Crippen molar-refractivity contribution >= 4 is 11.7 Å². The van der Waals surface area contributed by atoms with Crippen LogP contribution in [0.25, 0.3) is 0 Å². The fraction of sp³-hybridized carbons (Fsp3) is 0.643. The van der Waals surface area contributed by atoms with E-state index in [0.717, 1.165) is 37.2 Å². The zero-order chi connectivity index (χ0) is 14.9. The smallest absolute Gasteiger partial charge is 0.162 e. The topological polar surface area (TPSA) is 99.1 Å². The predicted octanol–water partition coefficient (Wildman–Crippen LogP) is 0.975. The highest BCUT2D eigenvalue weighted by Gasteiger charge is 2.26. The van der Waals surface area contributed by atoms with E-state index in [9.17, 15) is 5.11 Å². The zero-order valence-electron chi connectivity index (χ0n) is 12.3. The highest BCUT2D eigenvalue weighted by Crippen LogP contribution is 2.27. The molecule has 1 atom stereocenters. The number of nitrogens with two attached hydrogens (primary N) is 1. The van der Waals surface area contributed by atoms with Gasteiger partial charge >= 0.3 is 0 Å². The van der Waals surface area contributed by atoms with Crippen molar-refractivity contribution in [1.29, 1.82) is 5.41 Å². The summed E-state index contributed by atoms with van der Waals surface area (Å²) in [6.45, 7) is 7.27. The first-order valence-electron chi connectivity index (χ1n) is 7.03. The number of nitrogens with one attached hydrogen (secondary N) is 1. The number of hydrogen-bond donors (Lipinski definition) is 3. The number of nitrogens with zero attached hydrogens (tertiary/aromatic N) is 3. The summed E-state index contributed by atoms with van der Waals surface area (Å²) in [6.07, 6.45) is 1.57. The highest BCUT2D eigenvalue weighted by atomic mass is 16.3. The lowest BCUT2D eigenvalue weighted by Crippen LogP contribution is -2.39. The van der Waals surface area contributed by atoms with Crippen LogP contribution in [0.5, 0.6) is 0 Å². The van der Waals surface area contributed by atoms with Gasteiger partial charge in [0.2, 0.25) is 0 Å². The van der Waals surface area contributed by atoms with E-state index in [2.05, 4.69) is 15.1 Å². The van der Waals surface area contributed by atoms with Crippen LogP contribution in [0.4, 0.5) is 5.82 Å². The van der Waals surface area contributed by atoms with Gasteiger partial charge in [0.15, 0.2) is 5.82 Å². The lowest BCUT2D eigenvalue weighted by molar-refractivity contribution is 0.109. The van der Waals surface area contributed by atoms with Crippen molar-refractivity contribution in [3.63, 3.8) is 0 Å². The first kappa shape index (κ1) is 14.7. The van der Waals surface area contributed by atoms with Crippen LogP contribution >= 0.6 is 0 Å². The SMILES string of the molecule is Cc1nnc(N2CCC(C(C)O)CC2)c(C(=N)N)c1C. The van der Waals surface area contributed by atoms with E-state index in [1.807, 2.05) is 20.8 Å². The minimum absolute atomic E-state index is 0.0353. The Morgan fingerprint density at radius 1 is 1.35 bits per heavy atom. The number of nitrogen functional groups attached to an aromatic ring is 1. The molecule has 6 nitrogen and oxygen atoms in total. The largest absolute Gasteiger partial charge is 0.393 e. The molecule has 0 radical (unpaired) electrons. The molecule has 2 rings (SSSR count). The van der Waals surface area contributed by atoms with Gasteiger partial charge in [-0.1, -0.05) is 0 Å². The predicted molar refractivity (Wildman–Crippen MR) is 79.1 cm³/mol. The van der Waals surface area contributed by atoms with E-state index in [1.54, 1.807) is 0 Å². The van der Waals surface area contributed by atoms with E-state index in [4.69, 9.17) is 11.1 Å². The van der Waals surface area contributed by atoms with Gasteiger partial charge in [0, 0.05) is 13.1 Å². The quantitative estimate of drug-likeness (QED) is 0.565. The minimum Gasteiger partial charge on any atom is -0.393 e. The van der Waals surface area contributed by atoms with Crippen molar-refractivity contribution in [2.75, 3.05) is 18.0 Å². The van der Waals surface area contributed by atoms with Crippen molar-refractivity contribution < 1.29 is 5.11 Å². The van der Waals surface area contributed by atoms with Crippen LogP contribution in [0.1, 0.15) is 36.6 Å². The molecule has 110 valence electrons. The maximum absolute atomic E-state index is 9.66. The van der Waals surface area contributed by atoms with Gasteiger partial charge in [-0.05, 0) is 45.1 Å². The van der Waals surface area contributed by atoms with Crippen molar-refractivity contribution in [3.05, 3.63) is 16.8 Å². The second kappa shape index (κ2) is 5.75.